The minimum Gasteiger partial charge on any atom is -0.361 e. The molecule has 1 aliphatic rings. The first-order valence-electron chi connectivity index (χ1n) is 8.88. The molecule has 0 aliphatic carbocycles. The molecular formula is C20H22N4O2. The van der Waals surface area contributed by atoms with Crippen LogP contribution in [0.1, 0.15) is 33.1 Å². The third-order valence-corrected chi connectivity index (χ3v) is 5.06. The van der Waals surface area contributed by atoms with Gasteiger partial charge in [-0.25, -0.2) is 0 Å². The highest BCUT2D eigenvalue weighted by molar-refractivity contribution is 5.96. The molecule has 0 N–H and O–H groups in total. The maximum absolute atomic E-state index is 13.0. The van der Waals surface area contributed by atoms with Gasteiger partial charge in [0.2, 0.25) is 0 Å². The SMILES string of the molecule is Cc1noc(C)c1C(=O)N1CCc2nn(C)c(-c3ccccc3)c2CC1. The molecule has 0 fully saturated rings. The van der Waals surface area contributed by atoms with E-state index in [1.54, 1.807) is 6.92 Å². The Labute approximate surface area is 152 Å². The molecule has 0 bridgehead atoms. The monoisotopic (exact) mass is 350 g/mol. The van der Waals surface area contributed by atoms with Crippen molar-refractivity contribution in [2.45, 2.75) is 26.7 Å². The molecule has 6 nitrogen and oxygen atoms in total. The smallest absolute Gasteiger partial charge is 0.259 e. The number of carbonyl (C=O) groups is 1. The number of aryl methyl sites for hydroxylation is 3. The van der Waals surface area contributed by atoms with Crippen LogP contribution in [0.4, 0.5) is 0 Å². The number of nitrogens with zero attached hydrogens (tertiary/aromatic N) is 4. The molecular weight excluding hydrogens is 328 g/mol. The summed E-state index contributed by atoms with van der Waals surface area (Å²) in [6.45, 7) is 4.92. The zero-order valence-corrected chi connectivity index (χ0v) is 15.3. The van der Waals surface area contributed by atoms with Gasteiger partial charge in [-0.15, -0.1) is 0 Å². The molecule has 4 rings (SSSR count). The summed E-state index contributed by atoms with van der Waals surface area (Å²) in [6.07, 6.45) is 1.55. The van der Waals surface area contributed by atoms with Gasteiger partial charge in [0.15, 0.2) is 0 Å². The van der Waals surface area contributed by atoms with Crippen LogP contribution in [0.2, 0.25) is 0 Å². The molecule has 1 amide bonds. The Bertz CT molecular complexity index is 936. The highest BCUT2D eigenvalue weighted by Crippen LogP contribution is 2.29. The first-order chi connectivity index (χ1) is 12.6. The van der Waals surface area contributed by atoms with Crippen LogP contribution in [0.5, 0.6) is 0 Å². The standard InChI is InChI=1S/C20H22N4O2/c1-13-18(14(2)26-22-13)20(25)24-11-9-16-17(10-12-24)21-23(3)19(16)15-7-5-4-6-8-15/h4-8H,9-12H2,1-3H3. The molecule has 134 valence electrons. The molecule has 1 aromatic carbocycles. The molecule has 0 atom stereocenters. The van der Waals surface area contributed by atoms with Gasteiger partial charge in [0.25, 0.3) is 5.91 Å². The van der Waals surface area contributed by atoms with Crippen LogP contribution in [-0.4, -0.2) is 38.8 Å². The zero-order chi connectivity index (χ0) is 18.3. The maximum atomic E-state index is 13.0. The lowest BCUT2D eigenvalue weighted by atomic mass is 10.0. The van der Waals surface area contributed by atoms with Gasteiger partial charge >= 0.3 is 0 Å². The van der Waals surface area contributed by atoms with Crippen molar-refractivity contribution in [2.75, 3.05) is 13.1 Å². The van der Waals surface area contributed by atoms with E-state index in [2.05, 4.69) is 17.3 Å². The Hall–Kier alpha value is -2.89. The van der Waals surface area contributed by atoms with E-state index in [1.807, 2.05) is 41.8 Å². The van der Waals surface area contributed by atoms with Gasteiger partial charge < -0.3 is 9.42 Å². The summed E-state index contributed by atoms with van der Waals surface area (Å²) in [4.78, 5) is 14.8. The molecule has 2 aromatic heterocycles. The average Bonchev–Trinajstić information content (AvgIpc) is 3.05. The minimum atomic E-state index is -0.00274. The van der Waals surface area contributed by atoms with Gasteiger partial charge in [0, 0.05) is 37.7 Å². The number of hydrogen-bond donors (Lipinski definition) is 0. The van der Waals surface area contributed by atoms with E-state index in [0.29, 0.717) is 30.1 Å². The summed E-state index contributed by atoms with van der Waals surface area (Å²) in [7, 11) is 1.99. The highest BCUT2D eigenvalue weighted by Gasteiger charge is 2.27. The van der Waals surface area contributed by atoms with Crippen molar-refractivity contribution in [3.8, 4) is 11.3 Å². The Morgan fingerprint density at radius 3 is 2.54 bits per heavy atom. The van der Waals surface area contributed by atoms with Crippen molar-refractivity contribution in [1.29, 1.82) is 0 Å². The number of carbonyl (C=O) groups excluding carboxylic acids is 1. The van der Waals surface area contributed by atoms with E-state index in [1.165, 1.54) is 5.56 Å². The lowest BCUT2D eigenvalue weighted by Crippen LogP contribution is -2.34. The van der Waals surface area contributed by atoms with E-state index in [9.17, 15) is 4.79 Å². The van der Waals surface area contributed by atoms with Crippen molar-refractivity contribution in [3.05, 3.63) is 58.6 Å². The second-order valence-electron chi connectivity index (χ2n) is 6.75. The van der Waals surface area contributed by atoms with Gasteiger partial charge in [0.1, 0.15) is 11.3 Å². The number of aromatic nitrogens is 3. The second-order valence-corrected chi connectivity index (χ2v) is 6.75. The van der Waals surface area contributed by atoms with E-state index >= 15 is 0 Å². The summed E-state index contributed by atoms with van der Waals surface area (Å²) in [5.41, 5.74) is 5.88. The third-order valence-electron chi connectivity index (χ3n) is 5.06. The molecule has 3 heterocycles. The van der Waals surface area contributed by atoms with E-state index in [0.717, 1.165) is 29.8 Å². The quantitative estimate of drug-likeness (QED) is 0.713. The van der Waals surface area contributed by atoms with Crippen LogP contribution < -0.4 is 0 Å². The molecule has 3 aromatic rings. The van der Waals surface area contributed by atoms with Gasteiger partial charge in [-0.3, -0.25) is 9.48 Å². The van der Waals surface area contributed by atoms with E-state index in [-0.39, 0.29) is 5.91 Å². The first kappa shape index (κ1) is 16.6. The van der Waals surface area contributed by atoms with Crippen molar-refractivity contribution >= 4 is 5.91 Å². The van der Waals surface area contributed by atoms with E-state index in [4.69, 9.17) is 9.62 Å². The zero-order valence-electron chi connectivity index (χ0n) is 15.3. The van der Waals surface area contributed by atoms with Gasteiger partial charge in [-0.05, 0) is 20.3 Å². The largest absolute Gasteiger partial charge is 0.361 e. The molecule has 6 heteroatoms. The van der Waals surface area contributed by atoms with Crippen LogP contribution in [0, 0.1) is 13.8 Å². The van der Waals surface area contributed by atoms with Crippen LogP contribution >= 0.6 is 0 Å². The minimum absolute atomic E-state index is 0.00274. The Morgan fingerprint density at radius 2 is 1.85 bits per heavy atom. The molecule has 0 unspecified atom stereocenters. The molecule has 0 saturated heterocycles. The van der Waals surface area contributed by atoms with Crippen molar-refractivity contribution in [3.63, 3.8) is 0 Å². The summed E-state index contributed by atoms with van der Waals surface area (Å²) in [5.74, 6) is 0.579. The highest BCUT2D eigenvalue weighted by atomic mass is 16.5. The predicted molar refractivity (Wildman–Crippen MR) is 97.9 cm³/mol. The number of fused-ring (bicyclic) bond motifs is 1. The maximum Gasteiger partial charge on any atom is 0.259 e. The number of rotatable bonds is 2. The molecule has 1 aliphatic heterocycles. The fourth-order valence-corrected chi connectivity index (χ4v) is 3.79. The fourth-order valence-electron chi connectivity index (χ4n) is 3.79. The number of amides is 1. The normalized spacial score (nSPS) is 14.2. The van der Waals surface area contributed by atoms with Gasteiger partial charge in [-0.2, -0.15) is 5.10 Å². The predicted octanol–water partition coefficient (Wildman–Crippen LogP) is 2.93. The second kappa shape index (κ2) is 6.44. The lowest BCUT2D eigenvalue weighted by Gasteiger charge is -2.20. The van der Waals surface area contributed by atoms with Crippen molar-refractivity contribution in [1.82, 2.24) is 19.8 Å². The van der Waals surface area contributed by atoms with Gasteiger partial charge in [0.05, 0.1) is 17.1 Å². The third kappa shape index (κ3) is 2.71. The molecule has 26 heavy (non-hydrogen) atoms. The molecule has 0 saturated carbocycles. The summed E-state index contributed by atoms with van der Waals surface area (Å²) in [6, 6.07) is 10.3. The van der Waals surface area contributed by atoms with Crippen LogP contribution in [0.25, 0.3) is 11.3 Å². The summed E-state index contributed by atoms with van der Waals surface area (Å²) in [5, 5.41) is 8.64. The lowest BCUT2D eigenvalue weighted by molar-refractivity contribution is 0.0760. The fraction of sp³-hybridized carbons (Fsp3) is 0.350. The molecule has 0 radical (unpaired) electrons. The van der Waals surface area contributed by atoms with Gasteiger partial charge in [-0.1, -0.05) is 35.5 Å². The van der Waals surface area contributed by atoms with Crippen LogP contribution in [0.3, 0.4) is 0 Å². The van der Waals surface area contributed by atoms with E-state index < -0.39 is 0 Å². The first-order valence-corrected chi connectivity index (χ1v) is 8.88. The summed E-state index contributed by atoms with van der Waals surface area (Å²) < 4.78 is 7.13. The van der Waals surface area contributed by atoms with Crippen molar-refractivity contribution < 1.29 is 9.32 Å². The summed E-state index contributed by atoms with van der Waals surface area (Å²) >= 11 is 0. The Morgan fingerprint density at radius 1 is 1.12 bits per heavy atom. The Kier molecular flexibility index (Phi) is 4.11. The topological polar surface area (TPSA) is 64.2 Å². The Balaban J connectivity index is 1.63. The van der Waals surface area contributed by atoms with Crippen molar-refractivity contribution in [2.24, 2.45) is 7.05 Å². The molecule has 0 spiro atoms. The van der Waals surface area contributed by atoms with Crippen LogP contribution in [-0.2, 0) is 19.9 Å². The number of hydrogen-bond acceptors (Lipinski definition) is 4. The number of benzene rings is 1. The van der Waals surface area contributed by atoms with Crippen LogP contribution in [0.15, 0.2) is 34.9 Å². The average molecular weight is 350 g/mol.